The lowest BCUT2D eigenvalue weighted by Gasteiger charge is -2.20. The molecule has 0 bridgehead atoms. The molecule has 0 spiro atoms. The summed E-state index contributed by atoms with van der Waals surface area (Å²) in [7, 11) is 0. The van der Waals surface area contributed by atoms with Crippen LogP contribution in [0.2, 0.25) is 0 Å². The van der Waals surface area contributed by atoms with E-state index in [2.05, 4.69) is 0 Å². The molecule has 118 valence electrons. The monoisotopic (exact) mass is 308 g/mol. The number of likely N-dealkylation sites (tertiary alicyclic amines) is 1. The van der Waals surface area contributed by atoms with Crippen molar-refractivity contribution in [3.63, 3.8) is 0 Å². The molecule has 0 radical (unpaired) electrons. The minimum absolute atomic E-state index is 0.140. The number of ether oxygens (including phenoxy) is 1. The minimum atomic E-state index is -0.411. The molecule has 1 atom stereocenters. The van der Waals surface area contributed by atoms with Crippen LogP contribution in [-0.2, 0) is 9.53 Å². The van der Waals surface area contributed by atoms with Crippen molar-refractivity contribution in [3.8, 4) is 0 Å². The highest BCUT2D eigenvalue weighted by Crippen LogP contribution is 2.27. The summed E-state index contributed by atoms with van der Waals surface area (Å²) < 4.78 is 5.73. The predicted molar refractivity (Wildman–Crippen MR) is 89.6 cm³/mol. The van der Waals surface area contributed by atoms with Crippen LogP contribution >= 0.6 is 0 Å². The molecular formula is C19H20N2O2. The zero-order valence-electron chi connectivity index (χ0n) is 12.9. The molecule has 2 aromatic rings. The van der Waals surface area contributed by atoms with Gasteiger partial charge in [0.05, 0.1) is 12.9 Å². The fraction of sp³-hybridized carbons (Fsp3) is 0.263. The highest BCUT2D eigenvalue weighted by Gasteiger charge is 2.29. The van der Waals surface area contributed by atoms with Gasteiger partial charge >= 0.3 is 5.97 Å². The summed E-state index contributed by atoms with van der Waals surface area (Å²) in [6, 6.07) is 19.4. The molecule has 0 aromatic heterocycles. The van der Waals surface area contributed by atoms with Crippen LogP contribution in [0.5, 0.6) is 0 Å². The predicted octanol–water partition coefficient (Wildman–Crippen LogP) is 3.04. The van der Waals surface area contributed by atoms with Gasteiger partial charge in [-0.1, -0.05) is 60.7 Å². The third kappa shape index (κ3) is 3.59. The smallest absolute Gasteiger partial charge is 0.318 e. The van der Waals surface area contributed by atoms with E-state index in [0.29, 0.717) is 6.54 Å². The van der Waals surface area contributed by atoms with Crippen molar-refractivity contribution in [2.45, 2.75) is 18.4 Å². The number of carbonyl (C=O) groups is 1. The van der Waals surface area contributed by atoms with E-state index in [-0.39, 0.29) is 12.1 Å². The van der Waals surface area contributed by atoms with Crippen molar-refractivity contribution >= 4 is 12.3 Å². The lowest BCUT2D eigenvalue weighted by molar-refractivity contribution is -0.149. The molecule has 4 nitrogen and oxygen atoms in total. The lowest BCUT2D eigenvalue weighted by atomic mass is 9.91. The Labute approximate surface area is 136 Å². The van der Waals surface area contributed by atoms with Crippen LogP contribution in [0.4, 0.5) is 0 Å². The highest BCUT2D eigenvalue weighted by atomic mass is 16.5. The first-order chi connectivity index (χ1) is 11.3. The van der Waals surface area contributed by atoms with Gasteiger partial charge in [-0.25, -0.2) is 0 Å². The maximum Gasteiger partial charge on any atom is 0.318 e. The average Bonchev–Trinajstić information content (AvgIpc) is 3.04. The SMILES string of the molecule is N=CN1CCC(OC(=O)C(c2ccccc2)c2ccccc2)C1. The average molecular weight is 308 g/mol. The van der Waals surface area contributed by atoms with Crippen molar-refractivity contribution in [1.82, 2.24) is 4.90 Å². The van der Waals surface area contributed by atoms with E-state index in [0.717, 1.165) is 24.1 Å². The fourth-order valence-electron chi connectivity index (χ4n) is 2.96. The van der Waals surface area contributed by atoms with Gasteiger partial charge < -0.3 is 9.64 Å². The Kier molecular flexibility index (Phi) is 4.71. The Morgan fingerprint density at radius 2 is 1.65 bits per heavy atom. The molecular weight excluding hydrogens is 288 g/mol. The summed E-state index contributed by atoms with van der Waals surface area (Å²) in [6.45, 7) is 1.37. The van der Waals surface area contributed by atoms with Crippen LogP contribution < -0.4 is 0 Å². The first-order valence-corrected chi connectivity index (χ1v) is 7.83. The number of nitrogens with zero attached hydrogens (tertiary/aromatic N) is 1. The van der Waals surface area contributed by atoms with Gasteiger partial charge in [0.2, 0.25) is 0 Å². The molecule has 1 aliphatic rings. The minimum Gasteiger partial charge on any atom is -0.460 e. The molecule has 0 saturated carbocycles. The number of benzene rings is 2. The molecule has 0 aliphatic carbocycles. The molecule has 1 saturated heterocycles. The number of nitrogens with one attached hydrogen (secondary N) is 1. The van der Waals surface area contributed by atoms with Crippen LogP contribution in [0, 0.1) is 5.41 Å². The van der Waals surface area contributed by atoms with Gasteiger partial charge in [0.1, 0.15) is 12.0 Å². The van der Waals surface area contributed by atoms with Crippen molar-refractivity contribution in [3.05, 3.63) is 71.8 Å². The summed E-state index contributed by atoms with van der Waals surface area (Å²) >= 11 is 0. The molecule has 0 amide bonds. The first-order valence-electron chi connectivity index (χ1n) is 7.83. The second-order valence-electron chi connectivity index (χ2n) is 5.73. The molecule has 4 heteroatoms. The Balaban J connectivity index is 1.81. The quantitative estimate of drug-likeness (QED) is 0.525. The van der Waals surface area contributed by atoms with Crippen LogP contribution in [-0.4, -0.2) is 36.4 Å². The topological polar surface area (TPSA) is 53.4 Å². The van der Waals surface area contributed by atoms with Crippen LogP contribution in [0.3, 0.4) is 0 Å². The van der Waals surface area contributed by atoms with Crippen molar-refractivity contribution in [2.24, 2.45) is 0 Å². The Hall–Kier alpha value is -2.62. The van der Waals surface area contributed by atoms with E-state index >= 15 is 0 Å². The normalized spacial score (nSPS) is 17.3. The van der Waals surface area contributed by atoms with Crippen molar-refractivity contribution in [1.29, 1.82) is 5.41 Å². The van der Waals surface area contributed by atoms with E-state index in [9.17, 15) is 4.79 Å². The second kappa shape index (κ2) is 7.09. The summed E-state index contributed by atoms with van der Waals surface area (Å²) in [5.74, 6) is -0.634. The fourth-order valence-corrected chi connectivity index (χ4v) is 2.96. The summed E-state index contributed by atoms with van der Waals surface area (Å²) in [5.41, 5.74) is 1.87. The summed E-state index contributed by atoms with van der Waals surface area (Å²) in [4.78, 5) is 14.7. The number of hydrogen-bond donors (Lipinski definition) is 1. The van der Waals surface area contributed by atoms with Gasteiger partial charge in [-0.05, 0) is 11.1 Å². The summed E-state index contributed by atoms with van der Waals surface area (Å²) in [5, 5.41) is 7.29. The molecule has 1 fully saturated rings. The van der Waals surface area contributed by atoms with E-state index in [1.165, 1.54) is 6.34 Å². The first kappa shape index (κ1) is 15.3. The zero-order valence-corrected chi connectivity index (χ0v) is 12.9. The van der Waals surface area contributed by atoms with E-state index in [1.54, 1.807) is 0 Å². The van der Waals surface area contributed by atoms with E-state index in [4.69, 9.17) is 10.1 Å². The van der Waals surface area contributed by atoms with Gasteiger partial charge in [0.25, 0.3) is 0 Å². The van der Waals surface area contributed by atoms with Gasteiger partial charge in [0.15, 0.2) is 0 Å². The number of carbonyl (C=O) groups excluding carboxylic acids is 1. The molecule has 1 unspecified atom stereocenters. The maximum absolute atomic E-state index is 12.8. The zero-order chi connectivity index (χ0) is 16.1. The van der Waals surface area contributed by atoms with Crippen LogP contribution in [0.15, 0.2) is 60.7 Å². The van der Waals surface area contributed by atoms with Crippen molar-refractivity contribution in [2.75, 3.05) is 13.1 Å². The Morgan fingerprint density at radius 3 is 2.13 bits per heavy atom. The van der Waals surface area contributed by atoms with Crippen LogP contribution in [0.1, 0.15) is 23.5 Å². The second-order valence-corrected chi connectivity index (χ2v) is 5.73. The van der Waals surface area contributed by atoms with Gasteiger partial charge in [-0.3, -0.25) is 10.2 Å². The van der Waals surface area contributed by atoms with Crippen molar-refractivity contribution < 1.29 is 9.53 Å². The van der Waals surface area contributed by atoms with Gasteiger partial charge in [-0.2, -0.15) is 0 Å². The number of rotatable bonds is 5. The van der Waals surface area contributed by atoms with Crippen LogP contribution in [0.25, 0.3) is 0 Å². The van der Waals surface area contributed by atoms with E-state index < -0.39 is 5.92 Å². The maximum atomic E-state index is 12.8. The van der Waals surface area contributed by atoms with E-state index in [1.807, 2.05) is 65.6 Å². The number of esters is 1. The molecule has 23 heavy (non-hydrogen) atoms. The number of hydrogen-bond acceptors (Lipinski definition) is 3. The third-order valence-electron chi connectivity index (χ3n) is 4.14. The Morgan fingerprint density at radius 1 is 1.09 bits per heavy atom. The molecule has 1 N–H and O–H groups in total. The highest BCUT2D eigenvalue weighted by molar-refractivity contribution is 5.82. The lowest BCUT2D eigenvalue weighted by Crippen LogP contribution is -2.27. The molecule has 1 aliphatic heterocycles. The largest absolute Gasteiger partial charge is 0.460 e. The molecule has 1 heterocycles. The van der Waals surface area contributed by atoms with Gasteiger partial charge in [-0.15, -0.1) is 0 Å². The standard InChI is InChI=1S/C19H20N2O2/c20-14-21-12-11-17(13-21)23-19(22)18(15-7-3-1-4-8-15)16-9-5-2-6-10-16/h1-10,14,17-18,20H,11-13H2. The molecule has 3 rings (SSSR count). The van der Waals surface area contributed by atoms with Gasteiger partial charge in [0, 0.05) is 13.0 Å². The molecule has 2 aromatic carbocycles. The Bertz CT molecular complexity index is 618. The third-order valence-corrected chi connectivity index (χ3v) is 4.14. The summed E-state index contributed by atoms with van der Waals surface area (Å²) in [6.07, 6.45) is 1.94.